The van der Waals surface area contributed by atoms with Gasteiger partial charge >= 0.3 is 0 Å². The van der Waals surface area contributed by atoms with Crippen molar-refractivity contribution in [1.82, 2.24) is 15.5 Å². The van der Waals surface area contributed by atoms with Gasteiger partial charge in [0.2, 0.25) is 5.91 Å². The van der Waals surface area contributed by atoms with Crippen LogP contribution in [0.2, 0.25) is 0 Å². The van der Waals surface area contributed by atoms with Crippen LogP contribution in [0.15, 0.2) is 0 Å². The molecule has 1 aliphatic heterocycles. The van der Waals surface area contributed by atoms with Gasteiger partial charge < -0.3 is 15.4 Å². The van der Waals surface area contributed by atoms with Crippen molar-refractivity contribution in [1.29, 1.82) is 0 Å². The molecule has 1 rings (SSSR count). The Labute approximate surface area is 147 Å². The molecule has 0 bridgehead atoms. The van der Waals surface area contributed by atoms with E-state index in [0.29, 0.717) is 25.2 Å². The van der Waals surface area contributed by atoms with Crippen LogP contribution in [0.1, 0.15) is 34.1 Å². The van der Waals surface area contributed by atoms with Crippen molar-refractivity contribution >= 4 is 30.7 Å². The Hall–Kier alpha value is -0.0700. The summed E-state index contributed by atoms with van der Waals surface area (Å²) < 4.78 is 5.33. The van der Waals surface area contributed by atoms with Gasteiger partial charge in [0.25, 0.3) is 0 Å². The maximum atomic E-state index is 12.1. The van der Waals surface area contributed by atoms with Gasteiger partial charge in [-0.1, -0.05) is 27.7 Å². The zero-order valence-electron chi connectivity index (χ0n) is 14.3. The highest BCUT2D eigenvalue weighted by molar-refractivity contribution is 5.85. The van der Waals surface area contributed by atoms with E-state index in [9.17, 15) is 4.79 Å². The van der Waals surface area contributed by atoms with E-state index in [0.717, 1.165) is 32.6 Å². The zero-order chi connectivity index (χ0) is 15.0. The van der Waals surface area contributed by atoms with E-state index in [1.807, 2.05) is 0 Å². The minimum absolute atomic E-state index is 0. The van der Waals surface area contributed by atoms with Crippen LogP contribution < -0.4 is 10.6 Å². The fourth-order valence-corrected chi connectivity index (χ4v) is 2.72. The number of nitrogens with zero attached hydrogens (tertiary/aromatic N) is 1. The topological polar surface area (TPSA) is 53.6 Å². The first-order chi connectivity index (χ1) is 9.58. The second kappa shape index (κ2) is 13.4. The molecule has 2 N–H and O–H groups in total. The Morgan fingerprint density at radius 2 is 1.95 bits per heavy atom. The summed E-state index contributed by atoms with van der Waals surface area (Å²) >= 11 is 0. The van der Waals surface area contributed by atoms with Crippen LogP contribution in [0.3, 0.4) is 0 Å². The highest BCUT2D eigenvalue weighted by atomic mass is 35.5. The van der Waals surface area contributed by atoms with Crippen LogP contribution >= 0.6 is 24.8 Å². The van der Waals surface area contributed by atoms with Gasteiger partial charge in [-0.25, -0.2) is 0 Å². The molecule has 7 heteroatoms. The van der Waals surface area contributed by atoms with E-state index < -0.39 is 0 Å². The number of rotatable bonds is 8. The molecule has 2 atom stereocenters. The number of hydrogen-bond acceptors (Lipinski definition) is 4. The third kappa shape index (κ3) is 8.53. The van der Waals surface area contributed by atoms with Gasteiger partial charge in [0.15, 0.2) is 0 Å². The molecule has 22 heavy (non-hydrogen) atoms. The summed E-state index contributed by atoms with van der Waals surface area (Å²) in [6.07, 6.45) is 1.11. The second-order valence-electron chi connectivity index (χ2n) is 5.83. The second-order valence-corrected chi connectivity index (χ2v) is 5.83. The van der Waals surface area contributed by atoms with E-state index in [4.69, 9.17) is 4.74 Å². The van der Waals surface area contributed by atoms with Crippen LogP contribution in [0.5, 0.6) is 0 Å². The van der Waals surface area contributed by atoms with Crippen LogP contribution in [0.4, 0.5) is 0 Å². The lowest BCUT2D eigenvalue weighted by molar-refractivity contribution is -0.126. The lowest BCUT2D eigenvalue weighted by atomic mass is 10.0. The van der Waals surface area contributed by atoms with Crippen molar-refractivity contribution in [2.24, 2.45) is 5.92 Å². The molecule has 5 nitrogen and oxygen atoms in total. The Kier molecular flexibility index (Phi) is 14.7. The number of ether oxygens (including phenoxy) is 1. The highest BCUT2D eigenvalue weighted by Gasteiger charge is 2.23. The summed E-state index contributed by atoms with van der Waals surface area (Å²) in [4.78, 5) is 14.5. The monoisotopic (exact) mass is 357 g/mol. The van der Waals surface area contributed by atoms with Crippen molar-refractivity contribution in [3.05, 3.63) is 0 Å². The maximum Gasteiger partial charge on any atom is 0.239 e. The molecule has 1 heterocycles. The number of amides is 1. The summed E-state index contributed by atoms with van der Waals surface area (Å²) in [5, 5.41) is 6.27. The number of nitrogens with one attached hydrogen (secondary N) is 2. The third-order valence-electron chi connectivity index (χ3n) is 3.82. The standard InChI is InChI=1S/C15H31N3O2.2ClH/c1-5-18(6-2)13(9-12(3)4)10-17-15(19)14-11-20-8-7-16-14;;/h12-14,16H,5-11H2,1-4H3,(H,17,19);2*1H. The predicted octanol–water partition coefficient (Wildman–Crippen LogP) is 1.69. The fraction of sp³-hybridized carbons (Fsp3) is 0.933. The first-order valence-electron chi connectivity index (χ1n) is 7.91. The number of morpholine rings is 1. The number of likely N-dealkylation sites (N-methyl/N-ethyl adjacent to an activating group) is 1. The van der Waals surface area contributed by atoms with Gasteiger partial charge in [-0.15, -0.1) is 24.8 Å². The third-order valence-corrected chi connectivity index (χ3v) is 3.82. The first-order valence-corrected chi connectivity index (χ1v) is 7.91. The van der Waals surface area contributed by atoms with Gasteiger partial charge in [-0.3, -0.25) is 9.69 Å². The molecular weight excluding hydrogens is 325 g/mol. The largest absolute Gasteiger partial charge is 0.378 e. The average Bonchev–Trinajstić information content (AvgIpc) is 2.45. The summed E-state index contributed by atoms with van der Waals surface area (Å²) in [7, 11) is 0. The van der Waals surface area contributed by atoms with Crippen molar-refractivity contribution in [2.75, 3.05) is 39.4 Å². The minimum atomic E-state index is -0.194. The maximum absolute atomic E-state index is 12.1. The molecule has 0 aromatic carbocycles. The normalized spacial score (nSPS) is 19.3. The Morgan fingerprint density at radius 1 is 1.32 bits per heavy atom. The van der Waals surface area contributed by atoms with Crippen molar-refractivity contribution in [2.45, 2.75) is 46.2 Å². The molecule has 0 aliphatic carbocycles. The van der Waals surface area contributed by atoms with E-state index in [1.54, 1.807) is 0 Å². The summed E-state index contributed by atoms with van der Waals surface area (Å²) in [6.45, 7) is 13.5. The van der Waals surface area contributed by atoms with Crippen LogP contribution in [0, 0.1) is 5.92 Å². The molecule has 1 aliphatic rings. The van der Waals surface area contributed by atoms with Crippen LogP contribution in [0.25, 0.3) is 0 Å². The van der Waals surface area contributed by atoms with Gasteiger partial charge in [-0.2, -0.15) is 0 Å². The number of halogens is 2. The van der Waals surface area contributed by atoms with Crippen molar-refractivity contribution in [3.63, 3.8) is 0 Å². The smallest absolute Gasteiger partial charge is 0.239 e. The zero-order valence-corrected chi connectivity index (χ0v) is 15.9. The molecule has 1 saturated heterocycles. The average molecular weight is 358 g/mol. The highest BCUT2D eigenvalue weighted by Crippen LogP contribution is 2.11. The summed E-state index contributed by atoms with van der Waals surface area (Å²) in [5.74, 6) is 0.694. The first kappa shape index (κ1) is 24.2. The minimum Gasteiger partial charge on any atom is -0.378 e. The lowest BCUT2D eigenvalue weighted by Gasteiger charge is -2.32. The molecule has 0 spiro atoms. The quantitative estimate of drug-likeness (QED) is 0.693. The van der Waals surface area contributed by atoms with Crippen LogP contribution in [-0.2, 0) is 9.53 Å². The van der Waals surface area contributed by atoms with Gasteiger partial charge in [0.05, 0.1) is 13.2 Å². The predicted molar refractivity (Wildman–Crippen MR) is 96.3 cm³/mol. The van der Waals surface area contributed by atoms with Crippen molar-refractivity contribution in [3.8, 4) is 0 Å². The SMILES string of the molecule is CCN(CC)C(CNC(=O)C1COCCN1)CC(C)C.Cl.Cl. The summed E-state index contributed by atoms with van der Waals surface area (Å²) in [6, 6.07) is 0.221. The van der Waals surface area contributed by atoms with E-state index in [-0.39, 0.29) is 36.8 Å². The Bertz CT molecular complexity index is 284. The molecule has 0 aromatic rings. The fourth-order valence-electron chi connectivity index (χ4n) is 2.72. The van der Waals surface area contributed by atoms with Crippen LogP contribution in [-0.4, -0.2) is 62.3 Å². The van der Waals surface area contributed by atoms with E-state index >= 15 is 0 Å². The molecule has 2 unspecified atom stereocenters. The molecule has 134 valence electrons. The Morgan fingerprint density at radius 3 is 2.41 bits per heavy atom. The van der Waals surface area contributed by atoms with Gasteiger partial charge in [0, 0.05) is 19.1 Å². The summed E-state index contributed by atoms with van der Waals surface area (Å²) in [5.41, 5.74) is 0. The molecule has 0 radical (unpaired) electrons. The van der Waals surface area contributed by atoms with E-state index in [2.05, 4.69) is 43.2 Å². The molecular formula is C15H33Cl2N3O2. The molecule has 1 fully saturated rings. The molecule has 0 saturated carbocycles. The van der Waals surface area contributed by atoms with Gasteiger partial charge in [-0.05, 0) is 25.4 Å². The molecule has 1 amide bonds. The van der Waals surface area contributed by atoms with E-state index in [1.165, 1.54) is 0 Å². The number of hydrogen-bond donors (Lipinski definition) is 2. The number of carbonyl (C=O) groups is 1. The Balaban J connectivity index is 0. The molecule has 0 aromatic heterocycles. The van der Waals surface area contributed by atoms with Gasteiger partial charge in [0.1, 0.15) is 6.04 Å². The number of carbonyl (C=O) groups excluding carboxylic acids is 1. The lowest BCUT2D eigenvalue weighted by Crippen LogP contribution is -2.53. The van der Waals surface area contributed by atoms with Crippen molar-refractivity contribution < 1.29 is 9.53 Å².